The Labute approximate surface area is 687 Å². The molecule has 0 amide bonds. The summed E-state index contributed by atoms with van der Waals surface area (Å²) in [7, 11) is 3.93. The van der Waals surface area contributed by atoms with E-state index >= 15 is 0 Å². The Morgan fingerprint density at radius 1 is 0.617 bits per heavy atom. The normalized spacial score (nSPS) is 10.4. The minimum Gasteiger partial charge on any atom is -0.574 e. The summed E-state index contributed by atoms with van der Waals surface area (Å²) in [4.78, 5) is 47.8. The molecule has 15 rings (SSSR count). The molecular weight excluding hydrogens is 2280 g/mol. The molecule has 0 saturated carbocycles. The molecule has 554 valence electrons. The number of aromatic carboxylic acids is 1. The summed E-state index contributed by atoms with van der Waals surface area (Å²) in [5, 5.41) is 25.4. The monoisotopic (exact) mass is 2340 g/mol. The summed E-state index contributed by atoms with van der Waals surface area (Å²) in [6.07, 6.45) is 18.0. The van der Waals surface area contributed by atoms with Gasteiger partial charge in [-0.15, -0.1) is 77.3 Å². The van der Waals surface area contributed by atoms with Gasteiger partial charge in [0.25, 0.3) is 0 Å². The van der Waals surface area contributed by atoms with E-state index in [1.54, 1.807) is 78.5 Å². The van der Waals surface area contributed by atoms with E-state index < -0.39 is 34.9 Å². The number of fused-ring (bicyclic) bond motifs is 2. The van der Waals surface area contributed by atoms with Gasteiger partial charge in [0.15, 0.2) is 11.5 Å². The van der Waals surface area contributed by atoms with Crippen LogP contribution in [0.5, 0.6) is 0 Å². The number of rotatable bonds is 8. The van der Waals surface area contributed by atoms with E-state index in [-0.39, 0.29) is 135 Å². The average molecular weight is 2340 g/mol. The second-order valence-corrected chi connectivity index (χ2v) is 22.2. The van der Waals surface area contributed by atoms with Crippen LogP contribution < -0.4 is 14.6 Å². The molecule has 0 spiro atoms. The van der Waals surface area contributed by atoms with Crippen molar-refractivity contribution in [3.05, 3.63) is 357 Å². The summed E-state index contributed by atoms with van der Waals surface area (Å²) < 4.78 is 70.6. The van der Waals surface area contributed by atoms with Gasteiger partial charge in [0.2, 0.25) is 6.33 Å². The number of aliphatic hydroxyl groups is 1. The Morgan fingerprint density at radius 2 is 1.23 bits per heavy atom. The first kappa shape index (κ1) is 91.3. The zero-order chi connectivity index (χ0) is 72.8. The predicted octanol–water partition coefficient (Wildman–Crippen LogP) is 17.2. The number of pyridine rings is 5. The van der Waals surface area contributed by atoms with Gasteiger partial charge in [-0.05, 0) is 104 Å². The zero-order valence-electron chi connectivity index (χ0n) is 56.9. The fourth-order valence-electron chi connectivity index (χ4n) is 8.85. The van der Waals surface area contributed by atoms with Gasteiger partial charge in [-0.3, -0.25) is 36.6 Å². The molecule has 27 heteroatoms. The third-order valence-corrected chi connectivity index (χ3v) is 14.6. The number of imidazole rings is 1. The van der Waals surface area contributed by atoms with Gasteiger partial charge in [0, 0.05) is 164 Å². The van der Waals surface area contributed by atoms with E-state index in [1.165, 1.54) is 66.1 Å². The van der Waals surface area contributed by atoms with Crippen molar-refractivity contribution in [2.75, 3.05) is 11.9 Å². The maximum absolute atomic E-state index is 13.8. The maximum atomic E-state index is 13.8. The summed E-state index contributed by atoms with van der Waals surface area (Å²) in [6.45, 7) is 13.3. The fraction of sp³-hybridized carbons (Fsp3) is 0.0625. The first-order chi connectivity index (χ1) is 49.3. The second kappa shape index (κ2) is 47.6. The summed E-state index contributed by atoms with van der Waals surface area (Å²) in [5.74, 6) is -4.43. The summed E-state index contributed by atoms with van der Waals surface area (Å²) in [6, 6.07) is 72.9. The van der Waals surface area contributed by atoms with E-state index in [0.717, 1.165) is 62.6 Å². The van der Waals surface area contributed by atoms with E-state index in [1.807, 2.05) is 150 Å². The summed E-state index contributed by atoms with van der Waals surface area (Å²) >= 11 is 1.73. The van der Waals surface area contributed by atoms with Crippen LogP contribution in [0.15, 0.2) is 262 Å². The number of halogens is 5. The fourth-order valence-corrected chi connectivity index (χ4v) is 9.84. The van der Waals surface area contributed by atoms with Crippen molar-refractivity contribution in [2.24, 2.45) is 7.05 Å². The van der Waals surface area contributed by atoms with E-state index in [4.69, 9.17) is 16.8 Å². The topological polar surface area (TPSA) is 186 Å². The van der Waals surface area contributed by atoms with Gasteiger partial charge in [-0.25, -0.2) is 21.1 Å². The van der Waals surface area contributed by atoms with Crippen LogP contribution >= 0.6 is 11.3 Å². The van der Waals surface area contributed by atoms with Gasteiger partial charge in [-0.1, -0.05) is 114 Å². The van der Waals surface area contributed by atoms with Crippen LogP contribution in [-0.2, 0) is 112 Å². The molecule has 6 aromatic carbocycles. The molecule has 0 atom stereocenters. The number of carboxylic acid groups (broad SMARTS) is 1. The second-order valence-electron chi connectivity index (χ2n) is 21.2. The van der Waals surface area contributed by atoms with Crippen molar-refractivity contribution in [3.63, 3.8) is 0 Å². The van der Waals surface area contributed by atoms with Crippen LogP contribution in [-0.4, -0.2) is 68.5 Å². The van der Waals surface area contributed by atoms with Gasteiger partial charge < -0.3 is 54.3 Å². The first-order valence-corrected chi connectivity index (χ1v) is 31.4. The molecule has 2 N–H and O–H groups in total. The van der Waals surface area contributed by atoms with Gasteiger partial charge in [0.1, 0.15) is 5.69 Å². The van der Waals surface area contributed by atoms with Crippen LogP contribution in [0, 0.1) is 85.9 Å². The van der Waals surface area contributed by atoms with E-state index in [2.05, 4.69) is 107 Å². The summed E-state index contributed by atoms with van der Waals surface area (Å²) in [5.41, 5.74) is 8.20. The van der Waals surface area contributed by atoms with Crippen molar-refractivity contribution < 1.29 is 147 Å². The Balaban J connectivity index is 0.000000319. The number of aryl methyl sites for hydroxylation is 2. The number of para-hydroxylation sites is 3. The molecule has 1 aliphatic heterocycles. The van der Waals surface area contributed by atoms with E-state index in [9.17, 15) is 31.5 Å². The minimum absolute atomic E-state index is 0. The number of anilines is 1. The average Bonchev–Trinajstić information content (AvgIpc) is 1.71. The van der Waals surface area contributed by atoms with Gasteiger partial charge in [0.05, 0.1) is 30.4 Å². The Morgan fingerprint density at radius 3 is 1.77 bits per heavy atom. The van der Waals surface area contributed by atoms with Crippen LogP contribution in [0.25, 0.3) is 76.1 Å². The number of hydrogen-bond acceptors (Lipinski definition) is 12. The SMILES string of the molecule is CC(=O)C=C(C)O.CN1C=CN(c2[c-]cc(F)cc2)[CH-]1.Cn1[c-][n+](-c2[c-]cccc2)c2ccccc21.Fc1c[c-]c(-c2ccccn2)c(F)c1.O=C(O)c1ccccn1.[C-]#[N+]c1c(F)c[c-]c(-c2cc(C)ccn2)c1F.[Ir+3].[Ir].[Ir].[Ir].[Ir].[c-]1c(-c2ccccn2)sc2ccccc12.c1ccc(-c2ccn[n-]2)nc1. The Bertz CT molecular complexity index is 5060. The van der Waals surface area contributed by atoms with Crippen molar-refractivity contribution in [1.82, 2.24) is 44.6 Å². The van der Waals surface area contributed by atoms with Crippen molar-refractivity contribution in [1.29, 1.82) is 0 Å². The number of carbonyl (C=O) groups is 2. The molecule has 14 aromatic rings. The molecule has 0 fully saturated rings. The van der Waals surface area contributed by atoms with Crippen LogP contribution in [0.2, 0.25) is 0 Å². The molecule has 0 bridgehead atoms. The molecule has 0 unspecified atom stereocenters. The predicted molar refractivity (Wildman–Crippen MR) is 382 cm³/mol. The standard InChI is InChI=1S/C14H11N2.C13H7F2N2.C13H8NS.C11H6F2N.C10H9FN2.C8H6N3.C6H5NO2.C5H8O2.5Ir/c1-15-11-16(12-7-3-2-4-8-12)14-10-6-5-9-13(14)15;1-8-5-6-17-11(7-8)9-3-4-10(14)13(16-2)12(9)15;1-2-7-12-10(5-1)9-13(15-12)11-6-3-4-8-14-11;12-8-4-5-9(10(13)7-8)11-3-1-2-6-14-11;1-12-6-7-13(8-12)10-4-2-9(11)3-5-10;1-2-5-9-7(3-1)8-4-6-10-11-8;8-6(9)5-3-1-2-4-7-5;1-4(6)3-5(2)7;;;;;/h2-7,9-10H,1H3;4-7H,1H3;1-8H;1-4,6-7H;2-4,6-8H,1H3;1-6H;1-4H,(H,8,9);3,6H,1-2H3;;;;;/q4*-1;-2;-1;;;;;;;+3. The molecule has 4 radical (unpaired) electrons. The number of aromatic nitrogens is 9. The molecule has 9 heterocycles. The smallest absolute Gasteiger partial charge is 0.574 e. The van der Waals surface area contributed by atoms with Crippen LogP contribution in [0.1, 0.15) is 29.9 Å². The van der Waals surface area contributed by atoms with Crippen molar-refractivity contribution in [3.8, 4) is 50.2 Å². The number of hydrogen-bond donors (Lipinski definition) is 2. The molecule has 16 nitrogen and oxygen atoms in total. The molecule has 0 aliphatic carbocycles. The largest absolute Gasteiger partial charge is 3.00 e. The number of carboxylic acids is 1. The first-order valence-electron chi connectivity index (χ1n) is 30.6. The Hall–Kier alpha value is -9.88. The number of aliphatic hydroxyl groups excluding tert-OH is 1. The van der Waals surface area contributed by atoms with Gasteiger partial charge >= 0.3 is 26.1 Å². The number of allylic oxidation sites excluding steroid dienone is 2. The Kier molecular flexibility index (Phi) is 40.7. The third-order valence-electron chi connectivity index (χ3n) is 13.5. The third kappa shape index (κ3) is 28.7. The molecular formula is C80H60F5Ir5N12O4S-4. The maximum Gasteiger partial charge on any atom is 3.00 e. The molecule has 107 heavy (non-hydrogen) atoms. The van der Waals surface area contributed by atoms with Crippen LogP contribution in [0.4, 0.5) is 33.3 Å². The number of benzene rings is 6. The minimum atomic E-state index is -0.990. The van der Waals surface area contributed by atoms with E-state index in [0.29, 0.717) is 11.4 Å². The molecule has 1 aliphatic rings. The van der Waals surface area contributed by atoms with Crippen molar-refractivity contribution in [2.45, 2.75) is 20.8 Å². The van der Waals surface area contributed by atoms with Gasteiger partial charge in [-0.2, -0.15) is 43.1 Å². The number of thiophene rings is 1. The number of carbonyl (C=O) groups excluding carboxylic acids is 1. The number of ketones is 1. The van der Waals surface area contributed by atoms with Crippen LogP contribution in [0.3, 0.4) is 0 Å². The zero-order valence-corrected chi connectivity index (χ0v) is 69.7. The number of nitrogens with zero attached hydrogens (tertiary/aromatic N) is 12. The van der Waals surface area contributed by atoms with Crippen molar-refractivity contribution >= 4 is 55.6 Å². The molecule has 8 aromatic heterocycles. The quantitative estimate of drug-likeness (QED) is 0.0482. The molecule has 0 saturated heterocycles.